The second-order valence-electron chi connectivity index (χ2n) is 6.15. The molecule has 0 radical (unpaired) electrons. The Labute approximate surface area is 187 Å². The van der Waals surface area contributed by atoms with Gasteiger partial charge < -0.3 is 14.8 Å². The third-order valence-corrected chi connectivity index (χ3v) is 5.51. The summed E-state index contributed by atoms with van der Waals surface area (Å²) in [6.07, 6.45) is 1.46. The standard InChI is InChI=1S/C21H25N3O5S2/c1-3-12-22-31(26,27)19-10-8-17(9-11-19)23-21(30)24-20(25)16-6-5-7-18(15-16)29-14-13-28-4-2/h3,5-11,15,22H,1,4,12-14H2,2H3,(H2,23,24,25,30). The SMILES string of the molecule is C=CCNS(=O)(=O)c1ccc(NC(=S)NC(=O)c2cccc(OCCOCC)c2)cc1. The van der Waals surface area contributed by atoms with Crippen molar-refractivity contribution in [2.24, 2.45) is 0 Å². The van der Waals surface area contributed by atoms with E-state index in [-0.39, 0.29) is 16.6 Å². The number of carbonyl (C=O) groups is 1. The summed E-state index contributed by atoms with van der Waals surface area (Å²) in [5.41, 5.74) is 0.911. The number of hydrogen-bond donors (Lipinski definition) is 3. The minimum absolute atomic E-state index is 0.0769. The molecule has 3 N–H and O–H groups in total. The molecule has 8 nitrogen and oxygen atoms in total. The van der Waals surface area contributed by atoms with Crippen molar-refractivity contribution < 1.29 is 22.7 Å². The van der Waals surface area contributed by atoms with E-state index in [9.17, 15) is 13.2 Å². The summed E-state index contributed by atoms with van der Waals surface area (Å²) < 4.78 is 37.3. The van der Waals surface area contributed by atoms with Crippen LogP contribution in [0.2, 0.25) is 0 Å². The van der Waals surface area contributed by atoms with E-state index < -0.39 is 15.9 Å². The lowest BCUT2D eigenvalue weighted by molar-refractivity contribution is 0.0976. The van der Waals surface area contributed by atoms with Gasteiger partial charge in [-0.25, -0.2) is 13.1 Å². The van der Waals surface area contributed by atoms with E-state index in [0.29, 0.717) is 36.8 Å². The first-order valence-electron chi connectivity index (χ1n) is 9.49. The van der Waals surface area contributed by atoms with E-state index in [1.165, 1.54) is 18.2 Å². The quantitative estimate of drug-likeness (QED) is 0.267. The average Bonchev–Trinajstić information content (AvgIpc) is 2.76. The lowest BCUT2D eigenvalue weighted by atomic mass is 10.2. The first-order chi connectivity index (χ1) is 14.9. The molecule has 0 fully saturated rings. The fourth-order valence-electron chi connectivity index (χ4n) is 2.40. The summed E-state index contributed by atoms with van der Waals surface area (Å²) in [6, 6.07) is 12.7. The average molecular weight is 464 g/mol. The number of hydrogen-bond acceptors (Lipinski definition) is 6. The Balaban J connectivity index is 1.92. The van der Waals surface area contributed by atoms with Crippen LogP contribution in [0, 0.1) is 0 Å². The molecule has 0 saturated carbocycles. The molecule has 0 aliphatic carbocycles. The number of anilines is 1. The van der Waals surface area contributed by atoms with Crippen molar-refractivity contribution >= 4 is 38.9 Å². The maximum atomic E-state index is 12.4. The van der Waals surface area contributed by atoms with Crippen LogP contribution in [0.1, 0.15) is 17.3 Å². The van der Waals surface area contributed by atoms with Crippen LogP contribution < -0.4 is 20.1 Å². The highest BCUT2D eigenvalue weighted by molar-refractivity contribution is 7.89. The summed E-state index contributed by atoms with van der Waals surface area (Å²) in [5, 5.41) is 5.51. The molecule has 0 spiro atoms. The number of rotatable bonds is 11. The number of ether oxygens (including phenoxy) is 2. The molecule has 0 unspecified atom stereocenters. The predicted octanol–water partition coefficient (Wildman–Crippen LogP) is 2.69. The van der Waals surface area contributed by atoms with Gasteiger partial charge in [0.1, 0.15) is 12.4 Å². The summed E-state index contributed by atoms with van der Waals surface area (Å²) >= 11 is 5.18. The number of thiocarbonyl (C=S) groups is 1. The maximum absolute atomic E-state index is 12.4. The minimum atomic E-state index is -3.61. The molecule has 166 valence electrons. The van der Waals surface area contributed by atoms with Gasteiger partial charge in [-0.2, -0.15) is 0 Å². The molecule has 10 heteroatoms. The molecule has 2 aromatic carbocycles. The van der Waals surface area contributed by atoms with Crippen molar-refractivity contribution in [1.82, 2.24) is 10.0 Å². The van der Waals surface area contributed by atoms with Crippen molar-refractivity contribution in [3.05, 3.63) is 66.7 Å². The van der Waals surface area contributed by atoms with E-state index in [0.717, 1.165) is 0 Å². The van der Waals surface area contributed by atoms with Gasteiger partial charge in [0.05, 0.1) is 11.5 Å². The lowest BCUT2D eigenvalue weighted by Crippen LogP contribution is -2.34. The van der Waals surface area contributed by atoms with Gasteiger partial charge >= 0.3 is 0 Å². The van der Waals surface area contributed by atoms with Crippen LogP contribution in [0.3, 0.4) is 0 Å². The van der Waals surface area contributed by atoms with Gasteiger partial charge in [-0.15, -0.1) is 6.58 Å². The van der Waals surface area contributed by atoms with Crippen molar-refractivity contribution in [2.75, 3.05) is 31.7 Å². The van der Waals surface area contributed by atoms with Crippen LogP contribution in [-0.4, -0.2) is 45.8 Å². The maximum Gasteiger partial charge on any atom is 0.257 e. The van der Waals surface area contributed by atoms with Crippen LogP contribution in [0.25, 0.3) is 0 Å². The highest BCUT2D eigenvalue weighted by Gasteiger charge is 2.13. The summed E-state index contributed by atoms with van der Waals surface area (Å²) in [7, 11) is -3.61. The molecule has 0 aliphatic rings. The Hall–Kier alpha value is -2.79. The molecular weight excluding hydrogens is 438 g/mol. The van der Waals surface area contributed by atoms with Crippen LogP contribution in [0.4, 0.5) is 5.69 Å². The Morgan fingerprint density at radius 1 is 1.16 bits per heavy atom. The van der Waals surface area contributed by atoms with Gasteiger partial charge in [-0.3, -0.25) is 10.1 Å². The molecular formula is C21H25N3O5S2. The number of benzene rings is 2. The fourth-order valence-corrected chi connectivity index (χ4v) is 3.61. The first-order valence-corrected chi connectivity index (χ1v) is 11.4. The number of carbonyl (C=O) groups excluding carboxylic acids is 1. The van der Waals surface area contributed by atoms with Crippen LogP contribution in [0.15, 0.2) is 66.1 Å². The van der Waals surface area contributed by atoms with Gasteiger partial charge in [0, 0.05) is 24.4 Å². The zero-order valence-corrected chi connectivity index (χ0v) is 18.7. The van der Waals surface area contributed by atoms with Gasteiger partial charge in [-0.1, -0.05) is 12.1 Å². The minimum Gasteiger partial charge on any atom is -0.491 e. The van der Waals surface area contributed by atoms with E-state index in [1.807, 2.05) is 6.92 Å². The highest BCUT2D eigenvalue weighted by Crippen LogP contribution is 2.15. The monoisotopic (exact) mass is 463 g/mol. The fraction of sp³-hybridized carbons (Fsp3) is 0.238. The van der Waals surface area contributed by atoms with Crippen molar-refractivity contribution in [3.63, 3.8) is 0 Å². The largest absolute Gasteiger partial charge is 0.491 e. The van der Waals surface area contributed by atoms with Gasteiger partial charge in [0.15, 0.2) is 5.11 Å². The summed E-state index contributed by atoms with van der Waals surface area (Å²) in [6.45, 7) is 6.97. The van der Waals surface area contributed by atoms with E-state index >= 15 is 0 Å². The molecule has 0 aliphatic heterocycles. The van der Waals surface area contributed by atoms with Gasteiger partial charge in [-0.05, 0) is 61.6 Å². The molecule has 0 heterocycles. The topological polar surface area (TPSA) is 106 Å². The number of amides is 1. The van der Waals surface area contributed by atoms with Crippen LogP contribution in [-0.2, 0) is 14.8 Å². The van der Waals surface area contributed by atoms with Crippen LogP contribution >= 0.6 is 12.2 Å². The Kier molecular flexibility index (Phi) is 9.60. The third-order valence-electron chi connectivity index (χ3n) is 3.86. The Morgan fingerprint density at radius 3 is 2.58 bits per heavy atom. The molecule has 31 heavy (non-hydrogen) atoms. The molecule has 2 rings (SSSR count). The van der Waals surface area contributed by atoms with E-state index in [4.69, 9.17) is 21.7 Å². The van der Waals surface area contributed by atoms with Gasteiger partial charge in [0.25, 0.3) is 5.91 Å². The van der Waals surface area contributed by atoms with Crippen molar-refractivity contribution in [2.45, 2.75) is 11.8 Å². The van der Waals surface area contributed by atoms with Gasteiger partial charge in [0.2, 0.25) is 10.0 Å². The lowest BCUT2D eigenvalue weighted by Gasteiger charge is -2.11. The zero-order chi connectivity index (χ0) is 22.7. The van der Waals surface area contributed by atoms with Crippen molar-refractivity contribution in [1.29, 1.82) is 0 Å². The van der Waals surface area contributed by atoms with E-state index in [2.05, 4.69) is 21.9 Å². The Bertz CT molecular complexity index is 1010. The predicted molar refractivity (Wildman–Crippen MR) is 124 cm³/mol. The molecule has 0 aromatic heterocycles. The smallest absolute Gasteiger partial charge is 0.257 e. The zero-order valence-electron chi connectivity index (χ0n) is 17.1. The van der Waals surface area contributed by atoms with E-state index in [1.54, 1.807) is 36.4 Å². The molecule has 2 aromatic rings. The normalized spacial score (nSPS) is 10.9. The number of nitrogens with one attached hydrogen (secondary N) is 3. The van der Waals surface area contributed by atoms with Crippen LogP contribution in [0.5, 0.6) is 5.75 Å². The van der Waals surface area contributed by atoms with Crippen molar-refractivity contribution in [3.8, 4) is 5.75 Å². The second-order valence-corrected chi connectivity index (χ2v) is 8.32. The second kappa shape index (κ2) is 12.2. The number of sulfonamides is 1. The Morgan fingerprint density at radius 2 is 1.90 bits per heavy atom. The highest BCUT2D eigenvalue weighted by atomic mass is 32.2. The first kappa shape index (κ1) is 24.5. The third kappa shape index (κ3) is 8.10. The molecule has 0 atom stereocenters. The molecule has 0 bridgehead atoms. The molecule has 0 saturated heterocycles. The summed E-state index contributed by atoms with van der Waals surface area (Å²) in [5.74, 6) is 0.147. The summed E-state index contributed by atoms with van der Waals surface area (Å²) in [4.78, 5) is 12.6. The molecule has 1 amide bonds.